The van der Waals surface area contributed by atoms with Crippen LogP contribution in [-0.4, -0.2) is 33.7 Å². The Morgan fingerprint density at radius 1 is 0.477 bits per heavy atom. The molecule has 65 heavy (non-hydrogen) atoms. The van der Waals surface area contributed by atoms with Crippen LogP contribution in [0, 0.1) is 20.8 Å². The first-order chi connectivity index (χ1) is 32.0. The number of hydrogen-bond donors (Lipinski definition) is 0. The summed E-state index contributed by atoms with van der Waals surface area (Å²) in [5, 5.41) is 11.6. The van der Waals surface area contributed by atoms with Crippen LogP contribution >= 0.6 is 0 Å². The minimum atomic E-state index is -2.77. The predicted molar refractivity (Wildman–Crippen MR) is 282 cm³/mol. The SMILES string of the molecule is Cc1cc(C)c(C2=NC(C3=CC([Si](C4=CCCCC4)(c4ccccc4)c4ccccc4)=CCC3)CC(c3cccc([Si](c4ccccc4)(c4ccccc4)c4ccccc4)c3)=N2)c(C)c1. The number of aliphatic imine (C=N–C) groups is 2. The third-order valence-electron chi connectivity index (χ3n) is 14.2. The molecule has 2 aliphatic carbocycles. The van der Waals surface area contributed by atoms with Crippen LogP contribution in [0.15, 0.2) is 232 Å². The molecule has 0 saturated heterocycles. The Hall–Kier alpha value is -6.47. The number of nitrogens with zero attached hydrogens (tertiary/aromatic N) is 2. The summed E-state index contributed by atoms with van der Waals surface area (Å²) in [4.78, 5) is 11.4. The molecular weight excluding hydrogens is 817 g/mol. The Morgan fingerprint density at radius 2 is 0.985 bits per heavy atom. The van der Waals surface area contributed by atoms with Crippen molar-refractivity contribution in [2.45, 2.75) is 71.8 Å². The van der Waals surface area contributed by atoms with Crippen LogP contribution in [0.5, 0.6) is 0 Å². The molecule has 0 aromatic heterocycles. The van der Waals surface area contributed by atoms with E-state index in [9.17, 15) is 0 Å². The van der Waals surface area contributed by atoms with Crippen LogP contribution < -0.4 is 31.1 Å². The molecule has 1 heterocycles. The fourth-order valence-electron chi connectivity index (χ4n) is 11.5. The average molecular weight is 875 g/mol. The standard InChI is InChI=1S/C61H58N2Si2/c1-45-40-46(2)60(47(3)41-45)61-62-58(48-24-22-38-56(42-48)64(50-26-10-4-11-27-50,51-28-12-5-13-29-51)52-30-14-6-15-31-52)44-59(63-61)49-25-23-39-57(43-49)65(53-32-16-7-17-33-53,54-34-18-8-19-35-54)55-36-20-9-21-37-55/h4-8,10-19,22,24,26-36,38-43,59H,9,20-21,23,25,37,44H2,1-3H3. The first-order valence-corrected chi connectivity index (χ1v) is 27.7. The molecule has 3 aliphatic rings. The maximum absolute atomic E-state index is 5.73. The second-order valence-corrected chi connectivity index (χ2v) is 26.0. The van der Waals surface area contributed by atoms with Gasteiger partial charge in [-0.2, -0.15) is 0 Å². The lowest BCUT2D eigenvalue weighted by Gasteiger charge is -2.40. The third kappa shape index (κ3) is 7.94. The summed E-state index contributed by atoms with van der Waals surface area (Å²) in [6.07, 6.45) is 15.4. The van der Waals surface area contributed by atoms with Gasteiger partial charge in [0.15, 0.2) is 22.0 Å². The van der Waals surface area contributed by atoms with E-state index in [0.717, 1.165) is 49.2 Å². The van der Waals surface area contributed by atoms with Gasteiger partial charge >= 0.3 is 0 Å². The lowest BCUT2D eigenvalue weighted by molar-refractivity contribution is 0.718. The Labute approximate surface area is 388 Å². The van der Waals surface area contributed by atoms with E-state index >= 15 is 0 Å². The van der Waals surface area contributed by atoms with Gasteiger partial charge in [-0.3, -0.25) is 4.99 Å². The molecule has 320 valence electrons. The number of rotatable bonds is 11. The molecule has 1 unspecified atom stereocenters. The zero-order valence-corrected chi connectivity index (χ0v) is 40.1. The van der Waals surface area contributed by atoms with Crippen LogP contribution in [0.25, 0.3) is 0 Å². The smallest absolute Gasteiger partial charge is 0.179 e. The fraction of sp³-hybridized carbons (Fsp3) is 0.180. The van der Waals surface area contributed by atoms with Crippen molar-refractivity contribution < 1.29 is 0 Å². The van der Waals surface area contributed by atoms with Gasteiger partial charge in [0.2, 0.25) is 0 Å². The van der Waals surface area contributed by atoms with Crippen molar-refractivity contribution in [3.8, 4) is 0 Å². The van der Waals surface area contributed by atoms with Crippen molar-refractivity contribution in [1.29, 1.82) is 0 Å². The van der Waals surface area contributed by atoms with E-state index in [4.69, 9.17) is 9.98 Å². The molecule has 2 nitrogen and oxygen atoms in total. The maximum Gasteiger partial charge on any atom is 0.179 e. The quantitative estimate of drug-likeness (QED) is 0.0914. The van der Waals surface area contributed by atoms with Crippen LogP contribution in [0.4, 0.5) is 0 Å². The van der Waals surface area contributed by atoms with Crippen molar-refractivity contribution >= 4 is 58.8 Å². The van der Waals surface area contributed by atoms with Gasteiger partial charge in [0.05, 0.1) is 11.8 Å². The second kappa shape index (κ2) is 18.6. The van der Waals surface area contributed by atoms with Crippen LogP contribution in [-0.2, 0) is 0 Å². The summed E-state index contributed by atoms with van der Waals surface area (Å²) >= 11 is 0. The summed E-state index contributed by atoms with van der Waals surface area (Å²) in [6, 6.07) is 70.8. The second-order valence-electron chi connectivity index (χ2n) is 18.3. The molecule has 7 aromatic rings. The summed E-state index contributed by atoms with van der Waals surface area (Å²) in [5.41, 5.74) is 8.59. The third-order valence-corrected chi connectivity index (χ3v) is 24.0. The number of amidine groups is 1. The lowest BCUT2D eigenvalue weighted by Crippen LogP contribution is -2.74. The lowest BCUT2D eigenvalue weighted by atomic mass is 9.90. The van der Waals surface area contributed by atoms with Gasteiger partial charge in [0.1, 0.15) is 0 Å². The Morgan fingerprint density at radius 3 is 1.49 bits per heavy atom. The average Bonchev–Trinajstić information content (AvgIpc) is 3.36. The number of aryl methyl sites for hydroxylation is 3. The fourth-order valence-corrected chi connectivity index (χ4v) is 21.6. The molecule has 0 fully saturated rings. The number of allylic oxidation sites excluding steroid dienone is 5. The highest BCUT2D eigenvalue weighted by atomic mass is 28.3. The summed E-state index contributed by atoms with van der Waals surface area (Å²) in [5.74, 6) is 0.857. The van der Waals surface area contributed by atoms with Gasteiger partial charge in [-0.05, 0) is 118 Å². The number of benzene rings is 7. The van der Waals surface area contributed by atoms with E-state index in [1.54, 1.807) is 5.20 Å². The molecule has 0 spiro atoms. The van der Waals surface area contributed by atoms with Crippen molar-refractivity contribution in [2.75, 3.05) is 0 Å². The van der Waals surface area contributed by atoms with Crippen LogP contribution in [0.2, 0.25) is 0 Å². The highest BCUT2D eigenvalue weighted by molar-refractivity contribution is 7.20. The van der Waals surface area contributed by atoms with Crippen molar-refractivity contribution in [2.24, 2.45) is 9.98 Å². The van der Waals surface area contributed by atoms with Crippen molar-refractivity contribution in [1.82, 2.24) is 0 Å². The maximum atomic E-state index is 5.73. The molecule has 0 bridgehead atoms. The van der Waals surface area contributed by atoms with Crippen LogP contribution in [0.3, 0.4) is 0 Å². The zero-order chi connectivity index (χ0) is 44.2. The van der Waals surface area contributed by atoms with Gasteiger partial charge in [0, 0.05) is 12.0 Å². The Balaban J connectivity index is 1.15. The zero-order valence-electron chi connectivity index (χ0n) is 38.1. The van der Waals surface area contributed by atoms with Gasteiger partial charge in [-0.1, -0.05) is 217 Å². The Bertz CT molecular complexity index is 2810. The highest BCUT2D eigenvalue weighted by Crippen LogP contribution is 2.37. The molecule has 0 N–H and O–H groups in total. The van der Waals surface area contributed by atoms with Gasteiger partial charge in [0.25, 0.3) is 0 Å². The molecule has 0 saturated carbocycles. The van der Waals surface area contributed by atoms with Crippen molar-refractivity contribution in [3.63, 3.8) is 0 Å². The number of hydrogen-bond acceptors (Lipinski definition) is 2. The molecule has 1 aliphatic heterocycles. The summed E-state index contributed by atoms with van der Waals surface area (Å²) in [6.45, 7) is 6.65. The Kier molecular flexibility index (Phi) is 12.1. The monoisotopic (exact) mass is 874 g/mol. The van der Waals surface area contributed by atoms with E-state index in [-0.39, 0.29) is 6.04 Å². The van der Waals surface area contributed by atoms with E-state index in [1.807, 2.05) is 0 Å². The highest BCUT2D eigenvalue weighted by Gasteiger charge is 2.45. The van der Waals surface area contributed by atoms with E-state index in [0.29, 0.717) is 0 Å². The minimum Gasteiger partial charge on any atom is -0.258 e. The molecule has 10 rings (SSSR count). The normalized spacial score (nSPS) is 16.7. The molecule has 0 radical (unpaired) electrons. The summed E-state index contributed by atoms with van der Waals surface area (Å²) in [7, 11) is -5.36. The largest absolute Gasteiger partial charge is 0.258 e. The first kappa shape index (κ1) is 42.5. The van der Waals surface area contributed by atoms with E-state index < -0.39 is 16.1 Å². The molecule has 4 heteroatoms. The molecule has 0 amide bonds. The van der Waals surface area contributed by atoms with Gasteiger partial charge in [-0.25, -0.2) is 4.99 Å². The predicted octanol–water partition coefficient (Wildman–Crippen LogP) is 10.5. The first-order valence-electron chi connectivity index (χ1n) is 23.7. The van der Waals surface area contributed by atoms with E-state index in [2.05, 4.69) is 227 Å². The molecule has 7 aromatic carbocycles. The minimum absolute atomic E-state index is 0.0390. The molecule has 1 atom stereocenters. The van der Waals surface area contributed by atoms with Crippen LogP contribution in [0.1, 0.15) is 72.8 Å². The van der Waals surface area contributed by atoms with Gasteiger partial charge < -0.3 is 0 Å². The summed E-state index contributed by atoms with van der Waals surface area (Å²) < 4.78 is 0. The van der Waals surface area contributed by atoms with Gasteiger partial charge in [-0.15, -0.1) is 0 Å². The molecular formula is C61H58N2Si2. The van der Waals surface area contributed by atoms with E-state index in [1.165, 1.54) is 77.0 Å². The topological polar surface area (TPSA) is 24.7 Å². The van der Waals surface area contributed by atoms with Crippen molar-refractivity contribution in [3.05, 3.63) is 250 Å².